The molecule has 170 valence electrons. The van der Waals surface area contributed by atoms with Crippen LogP contribution in [0, 0.1) is 5.95 Å². The molecule has 6 heteroatoms. The number of carbonyl (C=O) groups excluding carboxylic acids is 1. The summed E-state index contributed by atoms with van der Waals surface area (Å²) in [4.78, 5) is 18.6. The number of nitrogens with zero attached hydrogens (tertiary/aromatic N) is 2. The van der Waals surface area contributed by atoms with E-state index in [0.717, 1.165) is 42.6 Å². The van der Waals surface area contributed by atoms with Gasteiger partial charge in [0.05, 0.1) is 0 Å². The highest BCUT2D eigenvalue weighted by molar-refractivity contribution is 5.97. The lowest BCUT2D eigenvalue weighted by molar-refractivity contribution is 0.0946. The quantitative estimate of drug-likeness (QED) is 0.576. The van der Waals surface area contributed by atoms with Gasteiger partial charge in [-0.1, -0.05) is 36.4 Å². The number of hydrogen-bond acceptors (Lipinski definition) is 4. The molecule has 1 atom stereocenters. The molecule has 5 nitrogen and oxygen atoms in total. The van der Waals surface area contributed by atoms with Gasteiger partial charge in [0.25, 0.3) is 5.91 Å². The molecule has 3 N–H and O–H groups in total. The first-order valence-corrected chi connectivity index (χ1v) is 11.6. The van der Waals surface area contributed by atoms with Gasteiger partial charge >= 0.3 is 0 Å². The van der Waals surface area contributed by atoms with Crippen molar-refractivity contribution in [3.05, 3.63) is 71.2 Å². The van der Waals surface area contributed by atoms with E-state index in [1.807, 2.05) is 24.3 Å². The number of nitrogens with two attached hydrogens (primary N) is 1. The number of hydrogen-bond donors (Lipinski definition) is 2. The topological polar surface area (TPSA) is 71.2 Å². The first kappa shape index (κ1) is 21.6. The van der Waals surface area contributed by atoms with E-state index >= 15 is 0 Å². The predicted molar refractivity (Wildman–Crippen MR) is 130 cm³/mol. The number of halogens is 1. The van der Waals surface area contributed by atoms with Crippen LogP contribution in [0.2, 0.25) is 0 Å². The molecule has 3 heterocycles. The van der Waals surface area contributed by atoms with Gasteiger partial charge in [0, 0.05) is 35.8 Å². The van der Waals surface area contributed by atoms with Gasteiger partial charge in [0.2, 0.25) is 5.95 Å². The molecule has 0 bridgehead atoms. The Morgan fingerprint density at radius 1 is 1.06 bits per heavy atom. The van der Waals surface area contributed by atoms with Gasteiger partial charge in [-0.25, -0.2) is 4.98 Å². The van der Waals surface area contributed by atoms with E-state index in [0.29, 0.717) is 35.2 Å². The van der Waals surface area contributed by atoms with Crippen molar-refractivity contribution in [1.29, 1.82) is 0 Å². The van der Waals surface area contributed by atoms with E-state index < -0.39 is 5.95 Å². The van der Waals surface area contributed by atoms with Crippen molar-refractivity contribution in [3.8, 4) is 22.3 Å². The van der Waals surface area contributed by atoms with Crippen molar-refractivity contribution in [2.45, 2.75) is 38.6 Å². The van der Waals surface area contributed by atoms with Gasteiger partial charge in [-0.3, -0.25) is 4.79 Å². The van der Waals surface area contributed by atoms with Gasteiger partial charge < -0.3 is 16.0 Å². The molecule has 1 aromatic heterocycles. The number of likely N-dealkylation sites (tertiary alicyclic amines) is 1. The van der Waals surface area contributed by atoms with Gasteiger partial charge in [0.1, 0.15) is 5.82 Å². The summed E-state index contributed by atoms with van der Waals surface area (Å²) in [5.41, 5.74) is 11.8. The molecule has 1 unspecified atom stereocenters. The summed E-state index contributed by atoms with van der Waals surface area (Å²) >= 11 is 0. The van der Waals surface area contributed by atoms with E-state index in [9.17, 15) is 9.18 Å². The monoisotopic (exact) mass is 444 g/mol. The molecule has 1 saturated heterocycles. The first-order chi connectivity index (χ1) is 15.9. The van der Waals surface area contributed by atoms with Gasteiger partial charge in [-0.2, -0.15) is 4.39 Å². The number of anilines is 1. The van der Waals surface area contributed by atoms with Crippen molar-refractivity contribution in [2.24, 2.45) is 0 Å². The Kier molecular flexibility index (Phi) is 5.62. The Morgan fingerprint density at radius 3 is 2.55 bits per heavy atom. The third-order valence-corrected chi connectivity index (χ3v) is 6.99. The molecular weight excluding hydrogens is 415 g/mol. The average Bonchev–Trinajstić information content (AvgIpc) is 3.30. The molecule has 2 aromatic carbocycles. The van der Waals surface area contributed by atoms with Gasteiger partial charge in [-0.15, -0.1) is 0 Å². The summed E-state index contributed by atoms with van der Waals surface area (Å²) in [7, 11) is 0. The van der Waals surface area contributed by atoms with E-state index in [1.54, 1.807) is 12.1 Å². The molecule has 0 radical (unpaired) electrons. The third kappa shape index (κ3) is 4.11. The lowest BCUT2D eigenvalue weighted by Crippen LogP contribution is -2.31. The third-order valence-electron chi connectivity index (χ3n) is 6.99. The highest BCUT2D eigenvalue weighted by Gasteiger charge is 2.25. The lowest BCUT2D eigenvalue weighted by atomic mass is 9.93. The van der Waals surface area contributed by atoms with E-state index in [-0.39, 0.29) is 11.7 Å². The molecule has 0 saturated carbocycles. The van der Waals surface area contributed by atoms with Gasteiger partial charge in [-0.05, 0) is 73.5 Å². The van der Waals surface area contributed by atoms with Crippen LogP contribution in [-0.4, -0.2) is 41.5 Å². The summed E-state index contributed by atoms with van der Waals surface area (Å²) < 4.78 is 14.8. The number of pyridine rings is 1. The van der Waals surface area contributed by atoms with Crippen molar-refractivity contribution >= 4 is 11.7 Å². The number of aromatic nitrogens is 1. The van der Waals surface area contributed by atoms with Crippen LogP contribution in [0.25, 0.3) is 22.3 Å². The molecule has 5 rings (SSSR count). The van der Waals surface area contributed by atoms with Gasteiger partial charge in [0.15, 0.2) is 0 Å². The fourth-order valence-corrected chi connectivity index (χ4v) is 5.00. The standard InChI is InChI=1S/C27H29FN4O/c1-16(2)32-12-10-21(15-32)17-3-5-18(6-4-17)23-14-24(26(29)31-25(23)28)19-7-8-22-20(13-19)9-11-30-27(22)33/h3-8,13-14,16,21H,9-12,15H2,1-2H3,(H2,29,31)(H,30,33). The lowest BCUT2D eigenvalue weighted by Gasteiger charge is -2.20. The number of amides is 1. The number of rotatable bonds is 4. The van der Waals surface area contributed by atoms with Crippen LogP contribution in [-0.2, 0) is 6.42 Å². The van der Waals surface area contributed by atoms with Crippen molar-refractivity contribution in [3.63, 3.8) is 0 Å². The van der Waals surface area contributed by atoms with Crippen molar-refractivity contribution < 1.29 is 9.18 Å². The Hall–Kier alpha value is -3.25. The van der Waals surface area contributed by atoms with Crippen LogP contribution < -0.4 is 11.1 Å². The maximum absolute atomic E-state index is 14.8. The van der Waals surface area contributed by atoms with Crippen LogP contribution >= 0.6 is 0 Å². The maximum Gasteiger partial charge on any atom is 0.251 e. The smallest absolute Gasteiger partial charge is 0.251 e. The fraction of sp³-hybridized carbons (Fsp3) is 0.333. The number of nitrogens with one attached hydrogen (secondary N) is 1. The highest BCUT2D eigenvalue weighted by Crippen LogP contribution is 2.35. The summed E-state index contributed by atoms with van der Waals surface area (Å²) in [5, 5.41) is 2.85. The van der Waals surface area contributed by atoms with Crippen LogP contribution in [0.3, 0.4) is 0 Å². The van der Waals surface area contributed by atoms with E-state index in [4.69, 9.17) is 5.73 Å². The summed E-state index contributed by atoms with van der Waals surface area (Å²) in [6.07, 6.45) is 1.91. The summed E-state index contributed by atoms with van der Waals surface area (Å²) in [6.45, 7) is 7.26. The zero-order valence-corrected chi connectivity index (χ0v) is 19.1. The van der Waals surface area contributed by atoms with Crippen LogP contribution in [0.15, 0.2) is 48.5 Å². The molecule has 0 spiro atoms. The largest absolute Gasteiger partial charge is 0.383 e. The Bertz CT molecular complexity index is 1210. The number of fused-ring (bicyclic) bond motifs is 1. The second-order valence-corrected chi connectivity index (χ2v) is 9.33. The zero-order valence-electron chi connectivity index (χ0n) is 19.1. The molecule has 1 amide bonds. The Morgan fingerprint density at radius 2 is 1.82 bits per heavy atom. The van der Waals surface area contributed by atoms with Crippen molar-refractivity contribution in [1.82, 2.24) is 15.2 Å². The van der Waals surface area contributed by atoms with Crippen LogP contribution in [0.5, 0.6) is 0 Å². The van der Waals surface area contributed by atoms with Crippen molar-refractivity contribution in [2.75, 3.05) is 25.4 Å². The number of nitrogen functional groups attached to an aromatic ring is 1. The minimum Gasteiger partial charge on any atom is -0.383 e. The Labute approximate surface area is 193 Å². The molecule has 2 aliphatic rings. The second-order valence-electron chi connectivity index (χ2n) is 9.33. The fourth-order valence-electron chi connectivity index (χ4n) is 5.00. The minimum atomic E-state index is -0.576. The first-order valence-electron chi connectivity index (χ1n) is 11.6. The minimum absolute atomic E-state index is 0.0624. The highest BCUT2D eigenvalue weighted by atomic mass is 19.1. The zero-order chi connectivity index (χ0) is 23.1. The molecular formula is C27H29FN4O. The van der Waals surface area contributed by atoms with E-state index in [1.165, 1.54) is 5.56 Å². The predicted octanol–water partition coefficient (Wildman–Crippen LogP) is 4.62. The number of benzene rings is 2. The summed E-state index contributed by atoms with van der Waals surface area (Å²) in [6, 6.07) is 16.1. The molecule has 33 heavy (non-hydrogen) atoms. The van der Waals surface area contributed by atoms with Crippen LogP contribution in [0.1, 0.15) is 47.7 Å². The molecule has 1 fully saturated rings. The second kappa shape index (κ2) is 8.60. The maximum atomic E-state index is 14.8. The Balaban J connectivity index is 1.45. The normalized spacial score (nSPS) is 18.4. The number of carbonyl (C=O) groups is 1. The molecule has 2 aliphatic heterocycles. The average molecular weight is 445 g/mol. The summed E-state index contributed by atoms with van der Waals surface area (Å²) in [5.74, 6) is 0.0210. The molecule has 0 aliphatic carbocycles. The molecule has 3 aromatic rings. The van der Waals surface area contributed by atoms with E-state index in [2.05, 4.69) is 41.2 Å². The van der Waals surface area contributed by atoms with Crippen LogP contribution in [0.4, 0.5) is 10.2 Å². The SMILES string of the molecule is CC(C)N1CCC(c2ccc(-c3cc(-c4ccc5c(c4)CCNC5=O)c(N)nc3F)cc2)C1.